The monoisotopic (exact) mass is 299 g/mol. The summed E-state index contributed by atoms with van der Waals surface area (Å²) in [5.41, 5.74) is 4.39. The normalized spacial score (nSPS) is 15.7. The van der Waals surface area contributed by atoms with Crippen molar-refractivity contribution in [2.75, 3.05) is 6.54 Å². The van der Waals surface area contributed by atoms with Crippen LogP contribution in [0.25, 0.3) is 0 Å². The minimum absolute atomic E-state index is 0.466. The van der Waals surface area contributed by atoms with Crippen LogP contribution in [0.15, 0.2) is 30.3 Å². The highest BCUT2D eigenvalue weighted by molar-refractivity contribution is 7.12. The Morgan fingerprint density at radius 2 is 1.90 bits per heavy atom. The van der Waals surface area contributed by atoms with Crippen LogP contribution in [0.4, 0.5) is 0 Å². The van der Waals surface area contributed by atoms with Crippen molar-refractivity contribution in [2.45, 2.75) is 52.0 Å². The van der Waals surface area contributed by atoms with E-state index in [4.69, 9.17) is 0 Å². The van der Waals surface area contributed by atoms with Gasteiger partial charge in [0.1, 0.15) is 0 Å². The topological polar surface area (TPSA) is 12.0 Å². The molecule has 0 amide bonds. The molecule has 1 aromatic carbocycles. The molecule has 0 saturated carbocycles. The van der Waals surface area contributed by atoms with Crippen molar-refractivity contribution in [1.29, 1.82) is 0 Å². The van der Waals surface area contributed by atoms with Crippen LogP contribution in [0.5, 0.6) is 0 Å². The lowest BCUT2D eigenvalue weighted by Gasteiger charge is -2.16. The van der Waals surface area contributed by atoms with Crippen LogP contribution in [0.2, 0.25) is 0 Å². The first-order valence-electron chi connectivity index (χ1n) is 8.16. The van der Waals surface area contributed by atoms with Gasteiger partial charge in [-0.2, -0.15) is 0 Å². The summed E-state index contributed by atoms with van der Waals surface area (Å²) in [6.45, 7) is 5.38. The minimum atomic E-state index is 0.466. The molecule has 112 valence electrons. The van der Waals surface area contributed by atoms with Gasteiger partial charge < -0.3 is 5.32 Å². The Balaban J connectivity index is 1.80. The van der Waals surface area contributed by atoms with Crippen molar-refractivity contribution in [1.82, 2.24) is 5.32 Å². The molecule has 2 heteroatoms. The lowest BCUT2D eigenvalue weighted by Crippen LogP contribution is -2.22. The maximum absolute atomic E-state index is 3.68. The lowest BCUT2D eigenvalue weighted by atomic mass is 9.97. The Hall–Kier alpha value is -1.12. The Morgan fingerprint density at radius 1 is 1.14 bits per heavy atom. The van der Waals surface area contributed by atoms with Crippen LogP contribution in [-0.4, -0.2) is 6.54 Å². The smallest absolute Gasteiger partial charge is 0.0455 e. The predicted molar refractivity (Wildman–Crippen MR) is 92.3 cm³/mol. The molecule has 1 aromatic heterocycles. The molecule has 0 bridgehead atoms. The molecule has 0 radical (unpaired) electrons. The number of hydrogen-bond acceptors (Lipinski definition) is 2. The van der Waals surface area contributed by atoms with Crippen molar-refractivity contribution in [3.05, 3.63) is 56.8 Å². The number of hydrogen-bond donors (Lipinski definition) is 1. The first-order valence-corrected chi connectivity index (χ1v) is 8.98. The molecule has 1 nitrogen and oxygen atoms in total. The predicted octanol–water partition coefficient (Wildman–Crippen LogP) is 4.83. The molecule has 0 aliphatic heterocycles. The van der Waals surface area contributed by atoms with E-state index in [9.17, 15) is 0 Å². The van der Waals surface area contributed by atoms with Crippen LogP contribution < -0.4 is 5.32 Å². The summed E-state index contributed by atoms with van der Waals surface area (Å²) in [6, 6.07) is 11.9. The van der Waals surface area contributed by atoms with Gasteiger partial charge in [-0.3, -0.25) is 0 Å². The second kappa shape index (κ2) is 6.76. The van der Waals surface area contributed by atoms with Crippen molar-refractivity contribution in [3.8, 4) is 0 Å². The molecule has 0 spiro atoms. The number of thiophene rings is 1. The zero-order valence-corrected chi connectivity index (χ0v) is 13.9. The molecule has 0 saturated heterocycles. The fourth-order valence-corrected chi connectivity index (χ4v) is 4.50. The van der Waals surface area contributed by atoms with Gasteiger partial charge in [0.25, 0.3) is 0 Å². The highest BCUT2D eigenvalue weighted by Gasteiger charge is 2.19. The maximum atomic E-state index is 3.68. The van der Waals surface area contributed by atoms with E-state index >= 15 is 0 Å². The number of likely N-dealkylation sites (N-methyl/N-ethyl adjacent to an activating group) is 1. The first kappa shape index (κ1) is 14.8. The average molecular weight is 299 g/mol. The quantitative estimate of drug-likeness (QED) is 0.834. The van der Waals surface area contributed by atoms with Crippen LogP contribution in [-0.2, 0) is 19.3 Å². The summed E-state index contributed by atoms with van der Waals surface area (Å²) < 4.78 is 0. The summed E-state index contributed by atoms with van der Waals surface area (Å²) in [5, 5.41) is 3.68. The number of benzene rings is 1. The van der Waals surface area contributed by atoms with Gasteiger partial charge in [-0.1, -0.05) is 36.8 Å². The number of nitrogens with one attached hydrogen (secondary N) is 1. The average Bonchev–Trinajstić information content (AvgIpc) is 2.93. The zero-order chi connectivity index (χ0) is 14.7. The Bertz CT molecular complexity index is 559. The fraction of sp³-hybridized carbons (Fsp3) is 0.474. The van der Waals surface area contributed by atoms with Crippen LogP contribution in [0, 0.1) is 6.92 Å². The third-order valence-electron chi connectivity index (χ3n) is 4.37. The molecule has 1 atom stereocenters. The summed E-state index contributed by atoms with van der Waals surface area (Å²) in [6.07, 6.45) is 6.41. The number of fused-ring (bicyclic) bond motifs is 1. The molecule has 1 aliphatic carbocycles. The molecule has 1 aliphatic rings. The first-order chi connectivity index (χ1) is 10.3. The van der Waals surface area contributed by atoms with Gasteiger partial charge >= 0.3 is 0 Å². The fourth-order valence-electron chi connectivity index (χ4n) is 3.17. The van der Waals surface area contributed by atoms with Gasteiger partial charge in [0.05, 0.1) is 0 Å². The van der Waals surface area contributed by atoms with E-state index in [-0.39, 0.29) is 0 Å². The summed E-state index contributed by atoms with van der Waals surface area (Å²) >= 11 is 2.04. The Morgan fingerprint density at radius 3 is 2.62 bits per heavy atom. The molecule has 21 heavy (non-hydrogen) atoms. The van der Waals surface area contributed by atoms with E-state index in [1.54, 1.807) is 10.4 Å². The molecule has 2 aromatic rings. The third-order valence-corrected chi connectivity index (χ3v) is 5.72. The zero-order valence-electron chi connectivity index (χ0n) is 13.1. The maximum Gasteiger partial charge on any atom is 0.0455 e. The van der Waals surface area contributed by atoms with Crippen LogP contribution in [0.1, 0.15) is 52.3 Å². The standard InChI is InChI=1S/C19H25NS/c1-3-20-17(12-15-10-8-14(2)9-11-15)19-13-16-6-4-5-7-18(16)21-19/h8-11,13,17,20H,3-7,12H2,1-2H3. The Labute approximate surface area is 132 Å². The summed E-state index contributed by atoms with van der Waals surface area (Å²) in [4.78, 5) is 3.17. The van der Waals surface area contributed by atoms with Gasteiger partial charge in [0.15, 0.2) is 0 Å². The van der Waals surface area contributed by atoms with Crippen molar-refractivity contribution >= 4 is 11.3 Å². The van der Waals surface area contributed by atoms with Gasteiger partial charge in [-0.25, -0.2) is 0 Å². The highest BCUT2D eigenvalue weighted by atomic mass is 32.1. The highest BCUT2D eigenvalue weighted by Crippen LogP contribution is 2.34. The second-order valence-electron chi connectivity index (χ2n) is 6.10. The summed E-state index contributed by atoms with van der Waals surface area (Å²) in [5.74, 6) is 0. The third kappa shape index (κ3) is 3.56. The van der Waals surface area contributed by atoms with Crippen molar-refractivity contribution in [2.24, 2.45) is 0 Å². The molecule has 1 heterocycles. The molecular formula is C19H25NS. The number of aryl methyl sites for hydroxylation is 3. The van der Waals surface area contributed by atoms with Crippen LogP contribution in [0.3, 0.4) is 0 Å². The van der Waals surface area contributed by atoms with Crippen molar-refractivity contribution in [3.63, 3.8) is 0 Å². The molecule has 1 unspecified atom stereocenters. The molecular weight excluding hydrogens is 274 g/mol. The van der Waals surface area contributed by atoms with E-state index < -0.39 is 0 Å². The van der Waals surface area contributed by atoms with E-state index in [0.717, 1.165) is 13.0 Å². The largest absolute Gasteiger partial charge is 0.309 e. The molecule has 0 fully saturated rings. The SMILES string of the molecule is CCNC(Cc1ccc(C)cc1)c1cc2c(s1)CCCC2. The summed E-state index contributed by atoms with van der Waals surface area (Å²) in [7, 11) is 0. The van der Waals surface area contributed by atoms with E-state index in [2.05, 4.69) is 49.5 Å². The van der Waals surface area contributed by atoms with Crippen molar-refractivity contribution < 1.29 is 0 Å². The second-order valence-corrected chi connectivity index (χ2v) is 7.27. The van der Waals surface area contributed by atoms with Gasteiger partial charge in [-0.15, -0.1) is 11.3 Å². The molecule has 1 N–H and O–H groups in total. The van der Waals surface area contributed by atoms with E-state index in [1.165, 1.54) is 41.7 Å². The molecule has 3 rings (SSSR count). The minimum Gasteiger partial charge on any atom is -0.309 e. The van der Waals surface area contributed by atoms with Gasteiger partial charge in [0.2, 0.25) is 0 Å². The Kier molecular flexibility index (Phi) is 4.77. The number of rotatable bonds is 5. The van der Waals surface area contributed by atoms with E-state index in [1.807, 2.05) is 11.3 Å². The van der Waals surface area contributed by atoms with Crippen LogP contribution >= 0.6 is 11.3 Å². The van der Waals surface area contributed by atoms with Gasteiger partial charge in [-0.05, 0) is 62.8 Å². The van der Waals surface area contributed by atoms with E-state index in [0.29, 0.717) is 6.04 Å². The van der Waals surface area contributed by atoms with Gasteiger partial charge in [0, 0.05) is 15.8 Å². The lowest BCUT2D eigenvalue weighted by molar-refractivity contribution is 0.558.